The van der Waals surface area contributed by atoms with Crippen LogP contribution in [-0.4, -0.2) is 52.7 Å². The molecule has 2 rings (SSSR count). The molecule has 0 saturated heterocycles. The van der Waals surface area contributed by atoms with Crippen molar-refractivity contribution in [2.24, 2.45) is 20.0 Å². The Morgan fingerprint density at radius 2 is 1.96 bits per heavy atom. The number of nitrogens with two attached hydrogens (primary N) is 1. The molecule has 1 aliphatic carbocycles. The van der Waals surface area contributed by atoms with Crippen LogP contribution in [0.2, 0.25) is 0 Å². The number of hydrogen-bond acceptors (Lipinski definition) is 6. The molecule has 1 aromatic rings. The second-order valence-corrected chi connectivity index (χ2v) is 6.43. The zero-order valence-corrected chi connectivity index (χ0v) is 14.7. The molecule has 0 unspecified atom stereocenters. The first kappa shape index (κ1) is 18.4. The van der Waals surface area contributed by atoms with Crippen LogP contribution in [0.1, 0.15) is 30.1 Å². The maximum atomic E-state index is 12.7. The van der Waals surface area contributed by atoms with Gasteiger partial charge in [-0.25, -0.2) is 4.79 Å². The van der Waals surface area contributed by atoms with Crippen LogP contribution in [0.5, 0.6) is 0 Å². The fourth-order valence-electron chi connectivity index (χ4n) is 2.90. The summed E-state index contributed by atoms with van der Waals surface area (Å²) in [4.78, 5) is 38.9. The molecular weight excluding hydrogens is 312 g/mol. The second-order valence-electron chi connectivity index (χ2n) is 6.43. The minimum Gasteiger partial charge on any atom is -0.384 e. The van der Waals surface area contributed by atoms with E-state index in [-0.39, 0.29) is 29.8 Å². The van der Waals surface area contributed by atoms with Crippen LogP contribution >= 0.6 is 0 Å². The molecular formula is C16H26N4O4. The highest BCUT2D eigenvalue weighted by molar-refractivity contribution is 6.01. The lowest BCUT2D eigenvalue weighted by Gasteiger charge is -2.28. The molecule has 0 radical (unpaired) electrons. The Labute approximate surface area is 140 Å². The normalized spacial score (nSPS) is 15.7. The van der Waals surface area contributed by atoms with Crippen LogP contribution < -0.4 is 17.0 Å². The highest BCUT2D eigenvalue weighted by Crippen LogP contribution is 2.35. The van der Waals surface area contributed by atoms with Crippen molar-refractivity contribution in [3.05, 3.63) is 26.4 Å². The largest absolute Gasteiger partial charge is 0.384 e. The zero-order chi connectivity index (χ0) is 18.0. The minimum atomic E-state index is -0.647. The van der Waals surface area contributed by atoms with Crippen molar-refractivity contribution < 1.29 is 9.53 Å². The molecule has 1 aliphatic rings. The van der Waals surface area contributed by atoms with E-state index >= 15 is 0 Å². The van der Waals surface area contributed by atoms with Gasteiger partial charge in [0.2, 0.25) is 0 Å². The molecule has 1 heterocycles. The maximum absolute atomic E-state index is 12.7. The highest BCUT2D eigenvalue weighted by atomic mass is 16.5. The van der Waals surface area contributed by atoms with Crippen molar-refractivity contribution in [3.8, 4) is 0 Å². The van der Waals surface area contributed by atoms with E-state index in [1.54, 1.807) is 7.11 Å². The van der Waals surface area contributed by atoms with Crippen LogP contribution in [0, 0.1) is 5.92 Å². The fraction of sp³-hybridized carbons (Fsp3) is 0.688. The Morgan fingerprint density at radius 3 is 2.50 bits per heavy atom. The first-order valence-corrected chi connectivity index (χ1v) is 8.11. The van der Waals surface area contributed by atoms with Crippen LogP contribution in [0.3, 0.4) is 0 Å². The molecule has 1 saturated carbocycles. The standard InChI is InChI=1S/C16H26N4O4/c1-10(11-5-6-11)20(7-8-24-4)9-12(21)13-14(17)18(2)16(23)19(3)15(13)22/h10-11H,5-9,17H2,1-4H3/t10-/m1/s1. The number of carbonyl (C=O) groups is 1. The summed E-state index contributed by atoms with van der Waals surface area (Å²) in [6, 6.07) is 0.238. The smallest absolute Gasteiger partial charge is 0.332 e. The van der Waals surface area contributed by atoms with Crippen molar-refractivity contribution in [2.45, 2.75) is 25.8 Å². The van der Waals surface area contributed by atoms with Crippen molar-refractivity contribution in [2.75, 3.05) is 32.5 Å². The van der Waals surface area contributed by atoms with Gasteiger partial charge in [-0.3, -0.25) is 23.6 Å². The lowest BCUT2D eigenvalue weighted by atomic mass is 10.1. The number of nitrogens with zero attached hydrogens (tertiary/aromatic N) is 3. The van der Waals surface area contributed by atoms with Gasteiger partial charge in [-0.1, -0.05) is 0 Å². The average Bonchev–Trinajstić information content (AvgIpc) is 3.39. The van der Waals surface area contributed by atoms with E-state index in [1.165, 1.54) is 14.1 Å². The van der Waals surface area contributed by atoms with Crippen LogP contribution in [0.15, 0.2) is 9.59 Å². The summed E-state index contributed by atoms with van der Waals surface area (Å²) < 4.78 is 7.16. The minimum absolute atomic E-state index is 0.0820. The second kappa shape index (κ2) is 7.31. The topological polar surface area (TPSA) is 99.6 Å². The third-order valence-electron chi connectivity index (χ3n) is 4.80. The Bertz CT molecular complexity index is 733. The SMILES string of the molecule is COCCN(CC(=O)c1c(N)n(C)c(=O)n(C)c1=O)[C@H](C)C1CC1. The lowest BCUT2D eigenvalue weighted by Crippen LogP contribution is -2.45. The Kier molecular flexibility index (Phi) is 5.61. The third kappa shape index (κ3) is 3.59. The van der Waals surface area contributed by atoms with E-state index in [4.69, 9.17) is 10.5 Å². The number of ketones is 1. The van der Waals surface area contributed by atoms with Gasteiger partial charge in [0.25, 0.3) is 5.56 Å². The first-order valence-electron chi connectivity index (χ1n) is 8.11. The number of ether oxygens (including phenoxy) is 1. The summed E-state index contributed by atoms with van der Waals surface area (Å²) in [6.07, 6.45) is 2.31. The van der Waals surface area contributed by atoms with Gasteiger partial charge < -0.3 is 10.5 Å². The monoisotopic (exact) mass is 338 g/mol. The molecule has 1 aromatic heterocycles. The number of Topliss-reactive ketones (excluding diaryl/α,β-unsaturated/α-hetero) is 1. The van der Waals surface area contributed by atoms with Crippen LogP contribution in [0.25, 0.3) is 0 Å². The van der Waals surface area contributed by atoms with Gasteiger partial charge in [-0.15, -0.1) is 0 Å². The zero-order valence-electron chi connectivity index (χ0n) is 14.7. The van der Waals surface area contributed by atoms with Crippen LogP contribution in [-0.2, 0) is 18.8 Å². The predicted octanol–water partition coefficient (Wildman–Crippen LogP) is -0.404. The lowest BCUT2D eigenvalue weighted by molar-refractivity contribution is 0.0814. The number of aromatic nitrogens is 2. The van der Waals surface area contributed by atoms with E-state index in [0.717, 1.165) is 22.0 Å². The van der Waals surface area contributed by atoms with Gasteiger partial charge >= 0.3 is 5.69 Å². The van der Waals surface area contributed by atoms with Gasteiger partial charge in [0.1, 0.15) is 11.4 Å². The molecule has 24 heavy (non-hydrogen) atoms. The molecule has 134 valence electrons. The molecule has 8 nitrogen and oxygen atoms in total. The summed E-state index contributed by atoms with van der Waals surface area (Å²) in [5.41, 5.74) is 4.55. The maximum Gasteiger partial charge on any atom is 0.332 e. The molecule has 2 N–H and O–H groups in total. The quantitative estimate of drug-likeness (QED) is 0.647. The predicted molar refractivity (Wildman–Crippen MR) is 91.3 cm³/mol. The number of carbonyl (C=O) groups excluding carboxylic acids is 1. The Balaban J connectivity index is 2.30. The molecule has 1 fully saturated rings. The van der Waals surface area contributed by atoms with E-state index in [1.807, 2.05) is 4.90 Å². The van der Waals surface area contributed by atoms with E-state index in [2.05, 4.69) is 6.92 Å². The molecule has 0 amide bonds. The van der Waals surface area contributed by atoms with Crippen molar-refractivity contribution >= 4 is 11.6 Å². The molecule has 0 bridgehead atoms. The summed E-state index contributed by atoms with van der Waals surface area (Å²) in [6.45, 7) is 3.28. The van der Waals surface area contributed by atoms with Gasteiger partial charge in [0.15, 0.2) is 5.78 Å². The summed E-state index contributed by atoms with van der Waals surface area (Å²) in [7, 11) is 4.41. The number of rotatable bonds is 8. The summed E-state index contributed by atoms with van der Waals surface area (Å²) >= 11 is 0. The van der Waals surface area contributed by atoms with Gasteiger partial charge in [0.05, 0.1) is 13.2 Å². The summed E-state index contributed by atoms with van der Waals surface area (Å²) in [5, 5.41) is 0. The number of hydrogen-bond donors (Lipinski definition) is 1. The fourth-order valence-corrected chi connectivity index (χ4v) is 2.90. The molecule has 0 aromatic carbocycles. The average molecular weight is 338 g/mol. The van der Waals surface area contributed by atoms with E-state index in [9.17, 15) is 14.4 Å². The van der Waals surface area contributed by atoms with Crippen LogP contribution in [0.4, 0.5) is 5.82 Å². The molecule has 0 spiro atoms. The number of anilines is 1. The highest BCUT2D eigenvalue weighted by Gasteiger charge is 2.33. The number of methoxy groups -OCH3 is 1. The Hall–Kier alpha value is -1.93. The summed E-state index contributed by atoms with van der Waals surface area (Å²) in [5.74, 6) is 0.126. The van der Waals surface area contributed by atoms with Gasteiger partial charge in [0, 0.05) is 33.8 Å². The number of nitrogen functional groups attached to an aromatic ring is 1. The molecule has 0 aliphatic heterocycles. The van der Waals surface area contributed by atoms with Crippen molar-refractivity contribution in [1.82, 2.24) is 14.0 Å². The van der Waals surface area contributed by atoms with Gasteiger partial charge in [-0.2, -0.15) is 0 Å². The first-order chi connectivity index (χ1) is 11.3. The van der Waals surface area contributed by atoms with E-state index in [0.29, 0.717) is 19.1 Å². The Morgan fingerprint density at radius 1 is 1.33 bits per heavy atom. The molecule has 1 atom stereocenters. The van der Waals surface area contributed by atoms with Crippen molar-refractivity contribution in [3.63, 3.8) is 0 Å². The van der Waals surface area contributed by atoms with Gasteiger partial charge in [-0.05, 0) is 25.7 Å². The molecule has 8 heteroatoms. The van der Waals surface area contributed by atoms with E-state index < -0.39 is 11.2 Å². The third-order valence-corrected chi connectivity index (χ3v) is 4.80. The van der Waals surface area contributed by atoms with Crippen molar-refractivity contribution in [1.29, 1.82) is 0 Å².